The summed E-state index contributed by atoms with van der Waals surface area (Å²) < 4.78 is 89.8. The van der Waals surface area contributed by atoms with Crippen LogP contribution in [0.1, 0.15) is 12.0 Å². The Hall–Kier alpha value is -2.44. The molecule has 174 valence electrons. The van der Waals surface area contributed by atoms with Gasteiger partial charge in [-0.25, -0.2) is 16.8 Å². The molecule has 1 heterocycles. The van der Waals surface area contributed by atoms with Crippen molar-refractivity contribution in [3.8, 4) is 0 Å². The Labute approximate surface area is 184 Å². The standard InChI is InChI=1S/C20H21F3N2O5S2/c21-20(22,23)16-5-4-8-18(15-16)32(29,30)25-12-10-24(11-13-25)19(26)9-14-31(27,28)17-6-2-1-3-7-17/h1-8,15H,9-14H2. The third-order valence-corrected chi connectivity index (χ3v) is 8.70. The minimum atomic E-state index is -4.67. The second kappa shape index (κ2) is 9.20. The van der Waals surface area contributed by atoms with Gasteiger partial charge in [-0.2, -0.15) is 17.5 Å². The van der Waals surface area contributed by atoms with Crippen molar-refractivity contribution in [1.29, 1.82) is 0 Å². The van der Waals surface area contributed by atoms with E-state index in [-0.39, 0.29) is 43.2 Å². The highest BCUT2D eigenvalue weighted by Crippen LogP contribution is 2.31. The highest BCUT2D eigenvalue weighted by Gasteiger charge is 2.34. The summed E-state index contributed by atoms with van der Waals surface area (Å²) in [5.74, 6) is -0.806. The number of sulfone groups is 1. The Kier molecular flexibility index (Phi) is 6.96. The zero-order chi connectivity index (χ0) is 23.6. The van der Waals surface area contributed by atoms with Gasteiger partial charge in [-0.15, -0.1) is 0 Å². The first-order valence-electron chi connectivity index (χ1n) is 9.64. The monoisotopic (exact) mass is 490 g/mol. The fourth-order valence-electron chi connectivity index (χ4n) is 3.29. The molecule has 0 aromatic heterocycles. The maximum atomic E-state index is 12.9. The van der Waals surface area contributed by atoms with E-state index in [1.807, 2.05) is 0 Å². The van der Waals surface area contributed by atoms with E-state index in [1.54, 1.807) is 18.2 Å². The number of amides is 1. The molecule has 7 nitrogen and oxygen atoms in total. The predicted octanol–water partition coefficient (Wildman–Crippen LogP) is 2.40. The summed E-state index contributed by atoms with van der Waals surface area (Å²) in [6, 6.07) is 11.2. The number of carbonyl (C=O) groups is 1. The molecule has 3 rings (SSSR count). The van der Waals surface area contributed by atoms with E-state index in [1.165, 1.54) is 17.0 Å². The lowest BCUT2D eigenvalue weighted by Gasteiger charge is -2.34. The average molecular weight is 491 g/mol. The Bertz CT molecular complexity index is 1180. The van der Waals surface area contributed by atoms with Crippen molar-refractivity contribution in [2.75, 3.05) is 31.9 Å². The van der Waals surface area contributed by atoms with Crippen LogP contribution in [0.15, 0.2) is 64.4 Å². The highest BCUT2D eigenvalue weighted by atomic mass is 32.2. The molecule has 0 N–H and O–H groups in total. The average Bonchev–Trinajstić information content (AvgIpc) is 2.78. The lowest BCUT2D eigenvalue weighted by Crippen LogP contribution is -2.50. The molecule has 2 aromatic rings. The van der Waals surface area contributed by atoms with E-state index >= 15 is 0 Å². The number of rotatable bonds is 6. The number of halogens is 3. The maximum Gasteiger partial charge on any atom is 0.416 e. The second-order valence-electron chi connectivity index (χ2n) is 7.19. The summed E-state index contributed by atoms with van der Waals surface area (Å²) >= 11 is 0. The fourth-order valence-corrected chi connectivity index (χ4v) is 6.00. The van der Waals surface area contributed by atoms with Gasteiger partial charge in [0.2, 0.25) is 15.9 Å². The molecule has 2 aromatic carbocycles. The number of carbonyl (C=O) groups excluding carboxylic acids is 1. The minimum absolute atomic E-state index is 0.0163. The van der Waals surface area contributed by atoms with Gasteiger partial charge < -0.3 is 4.90 Å². The fraction of sp³-hybridized carbons (Fsp3) is 0.350. The van der Waals surface area contributed by atoms with Crippen molar-refractivity contribution in [3.63, 3.8) is 0 Å². The van der Waals surface area contributed by atoms with Gasteiger partial charge >= 0.3 is 6.18 Å². The molecule has 1 saturated heterocycles. The summed E-state index contributed by atoms with van der Waals surface area (Å²) in [5.41, 5.74) is -1.06. The largest absolute Gasteiger partial charge is 0.416 e. The van der Waals surface area contributed by atoms with Gasteiger partial charge in [-0.05, 0) is 30.3 Å². The zero-order valence-electron chi connectivity index (χ0n) is 16.8. The van der Waals surface area contributed by atoms with Crippen molar-refractivity contribution >= 4 is 25.8 Å². The summed E-state index contributed by atoms with van der Waals surface area (Å²) in [5, 5.41) is 0. The van der Waals surface area contributed by atoms with Crippen molar-refractivity contribution in [2.24, 2.45) is 0 Å². The van der Waals surface area contributed by atoms with Crippen LogP contribution >= 0.6 is 0 Å². The quantitative estimate of drug-likeness (QED) is 0.620. The van der Waals surface area contributed by atoms with Crippen molar-refractivity contribution in [3.05, 3.63) is 60.2 Å². The van der Waals surface area contributed by atoms with Crippen molar-refractivity contribution in [2.45, 2.75) is 22.4 Å². The highest BCUT2D eigenvalue weighted by molar-refractivity contribution is 7.91. The van der Waals surface area contributed by atoms with Crippen LogP contribution in [0.25, 0.3) is 0 Å². The zero-order valence-corrected chi connectivity index (χ0v) is 18.5. The number of nitrogens with zero attached hydrogens (tertiary/aromatic N) is 2. The first-order chi connectivity index (χ1) is 14.9. The lowest BCUT2D eigenvalue weighted by molar-refractivity contribution is -0.137. The number of piperazine rings is 1. The molecule has 0 spiro atoms. The molecule has 0 saturated carbocycles. The molecule has 0 radical (unpaired) electrons. The van der Waals surface area contributed by atoms with E-state index in [0.717, 1.165) is 22.5 Å². The summed E-state index contributed by atoms with van der Waals surface area (Å²) in [7, 11) is -7.79. The summed E-state index contributed by atoms with van der Waals surface area (Å²) in [6.45, 7) is -0.170. The van der Waals surface area contributed by atoms with Gasteiger partial charge in [0.05, 0.1) is 21.1 Å². The van der Waals surface area contributed by atoms with Gasteiger partial charge in [0.15, 0.2) is 9.84 Å². The predicted molar refractivity (Wildman–Crippen MR) is 110 cm³/mol. The first kappa shape index (κ1) is 24.2. The van der Waals surface area contributed by atoms with Crippen LogP contribution in [0.5, 0.6) is 0 Å². The molecule has 12 heteroatoms. The maximum absolute atomic E-state index is 12.9. The summed E-state index contributed by atoms with van der Waals surface area (Å²) in [6.07, 6.45) is -4.92. The second-order valence-corrected chi connectivity index (χ2v) is 11.2. The Morgan fingerprint density at radius 3 is 2.03 bits per heavy atom. The minimum Gasteiger partial charge on any atom is -0.340 e. The van der Waals surface area contributed by atoms with Crippen LogP contribution in [0.2, 0.25) is 0 Å². The van der Waals surface area contributed by atoms with Crippen LogP contribution in [0.3, 0.4) is 0 Å². The molecule has 1 aliphatic rings. The molecule has 1 amide bonds. The number of hydrogen-bond donors (Lipinski definition) is 0. The van der Waals surface area contributed by atoms with E-state index in [4.69, 9.17) is 0 Å². The van der Waals surface area contributed by atoms with Gasteiger partial charge in [0.25, 0.3) is 0 Å². The number of sulfonamides is 1. The number of alkyl halides is 3. The van der Waals surface area contributed by atoms with E-state index in [2.05, 4.69) is 0 Å². The molecule has 1 fully saturated rings. The molecule has 1 aliphatic heterocycles. The summed E-state index contributed by atoms with van der Waals surface area (Å²) in [4.78, 5) is 13.4. The third-order valence-electron chi connectivity index (χ3n) is 5.08. The Morgan fingerprint density at radius 2 is 1.44 bits per heavy atom. The van der Waals surface area contributed by atoms with Crippen molar-refractivity contribution < 1.29 is 34.8 Å². The van der Waals surface area contributed by atoms with Gasteiger partial charge in [0, 0.05) is 32.6 Å². The number of hydrogen-bond acceptors (Lipinski definition) is 5. The van der Waals surface area contributed by atoms with Crippen LogP contribution < -0.4 is 0 Å². The van der Waals surface area contributed by atoms with Gasteiger partial charge in [0.1, 0.15) is 0 Å². The van der Waals surface area contributed by atoms with Crippen LogP contribution in [0, 0.1) is 0 Å². The molecule has 0 atom stereocenters. The molecule has 32 heavy (non-hydrogen) atoms. The Balaban J connectivity index is 1.60. The first-order valence-corrected chi connectivity index (χ1v) is 12.7. The van der Waals surface area contributed by atoms with E-state index in [0.29, 0.717) is 6.07 Å². The van der Waals surface area contributed by atoms with Crippen LogP contribution in [-0.2, 0) is 30.8 Å². The molecule has 0 aliphatic carbocycles. The van der Waals surface area contributed by atoms with E-state index < -0.39 is 42.4 Å². The molecule has 0 unspecified atom stereocenters. The number of benzene rings is 2. The van der Waals surface area contributed by atoms with Crippen LogP contribution in [0.4, 0.5) is 13.2 Å². The van der Waals surface area contributed by atoms with Crippen LogP contribution in [-0.4, -0.2) is 63.9 Å². The third kappa shape index (κ3) is 5.48. The topological polar surface area (TPSA) is 91.8 Å². The van der Waals surface area contributed by atoms with Crippen molar-refractivity contribution in [1.82, 2.24) is 9.21 Å². The lowest BCUT2D eigenvalue weighted by atomic mass is 10.2. The molecule has 0 bridgehead atoms. The normalized spacial score (nSPS) is 16.2. The molecular formula is C20H21F3N2O5S2. The Morgan fingerprint density at radius 1 is 0.844 bits per heavy atom. The van der Waals surface area contributed by atoms with Gasteiger partial charge in [-0.1, -0.05) is 24.3 Å². The SMILES string of the molecule is O=C(CCS(=O)(=O)c1ccccc1)N1CCN(S(=O)(=O)c2cccc(C(F)(F)F)c2)CC1. The van der Waals surface area contributed by atoms with Gasteiger partial charge in [-0.3, -0.25) is 4.79 Å². The smallest absolute Gasteiger partial charge is 0.340 e. The molecular weight excluding hydrogens is 469 g/mol. The van der Waals surface area contributed by atoms with E-state index in [9.17, 15) is 34.8 Å².